The summed E-state index contributed by atoms with van der Waals surface area (Å²) in [5.41, 5.74) is 10.4. The molecule has 0 saturated carbocycles. The molecule has 0 bridgehead atoms. The Kier molecular flexibility index (Phi) is 3.91. The predicted octanol–water partition coefficient (Wildman–Crippen LogP) is 1.19. The van der Waals surface area contributed by atoms with Gasteiger partial charge in [0.2, 0.25) is 5.96 Å². The molecular formula is C9H9F3N4O. The molecule has 1 aromatic carbocycles. The molecule has 92 valence electrons. The summed E-state index contributed by atoms with van der Waals surface area (Å²) in [6.07, 6.45) is -3.53. The van der Waals surface area contributed by atoms with Crippen LogP contribution in [0.1, 0.15) is 5.56 Å². The summed E-state index contributed by atoms with van der Waals surface area (Å²) in [6, 6.07) is 5.23. The topological polar surface area (TPSA) is 86.0 Å². The molecule has 0 aliphatic heterocycles. The third-order valence-electron chi connectivity index (χ3n) is 1.47. The molecule has 5 nitrogen and oxygen atoms in total. The fourth-order valence-electron chi connectivity index (χ4n) is 0.954. The summed E-state index contributed by atoms with van der Waals surface area (Å²) >= 11 is 0. The molecule has 0 saturated heterocycles. The van der Waals surface area contributed by atoms with Crippen LogP contribution in [-0.2, 0) is 0 Å². The molecule has 1 rings (SSSR count). The van der Waals surface area contributed by atoms with Gasteiger partial charge in [0, 0.05) is 0 Å². The zero-order valence-electron chi connectivity index (χ0n) is 8.48. The van der Waals surface area contributed by atoms with Gasteiger partial charge in [-0.2, -0.15) is 5.10 Å². The summed E-state index contributed by atoms with van der Waals surface area (Å²) < 4.78 is 39.5. The van der Waals surface area contributed by atoms with Gasteiger partial charge in [0.05, 0.1) is 6.21 Å². The van der Waals surface area contributed by atoms with Gasteiger partial charge in [-0.15, -0.1) is 18.3 Å². The lowest BCUT2D eigenvalue weighted by Crippen LogP contribution is -2.21. The van der Waals surface area contributed by atoms with Crippen LogP contribution >= 0.6 is 0 Å². The number of guanidine groups is 1. The second kappa shape index (κ2) is 5.19. The van der Waals surface area contributed by atoms with Gasteiger partial charge < -0.3 is 16.2 Å². The lowest BCUT2D eigenvalue weighted by molar-refractivity contribution is -0.274. The van der Waals surface area contributed by atoms with Crippen molar-refractivity contribution in [1.29, 1.82) is 0 Å². The Morgan fingerprint density at radius 2 is 2.00 bits per heavy atom. The van der Waals surface area contributed by atoms with Crippen LogP contribution < -0.4 is 16.2 Å². The van der Waals surface area contributed by atoms with Gasteiger partial charge in [0.1, 0.15) is 5.75 Å². The third kappa shape index (κ3) is 5.40. The predicted molar refractivity (Wildman–Crippen MR) is 56.5 cm³/mol. The molecule has 0 unspecified atom stereocenters. The molecule has 8 heteroatoms. The normalized spacial score (nSPS) is 11.5. The Morgan fingerprint density at radius 1 is 1.29 bits per heavy atom. The van der Waals surface area contributed by atoms with E-state index in [0.717, 1.165) is 6.07 Å². The fraction of sp³-hybridized carbons (Fsp3) is 0.111. The molecule has 0 aromatic heterocycles. The molecule has 0 amide bonds. The maximum Gasteiger partial charge on any atom is 0.573 e. The van der Waals surface area contributed by atoms with E-state index >= 15 is 0 Å². The summed E-state index contributed by atoms with van der Waals surface area (Å²) in [6.45, 7) is 0. The van der Waals surface area contributed by atoms with Gasteiger partial charge in [-0.05, 0) is 17.7 Å². The van der Waals surface area contributed by atoms with E-state index in [4.69, 9.17) is 11.5 Å². The molecule has 0 radical (unpaired) electrons. The molecular weight excluding hydrogens is 237 g/mol. The Hall–Kier alpha value is -2.25. The quantitative estimate of drug-likeness (QED) is 0.477. The number of alkyl halides is 3. The number of hydrogen-bond acceptors (Lipinski definition) is 3. The first-order chi connectivity index (χ1) is 7.87. The fourth-order valence-corrected chi connectivity index (χ4v) is 0.954. The number of ether oxygens (including phenoxy) is 1. The van der Waals surface area contributed by atoms with Crippen LogP contribution in [0, 0.1) is 0 Å². The van der Waals surface area contributed by atoms with Crippen molar-refractivity contribution in [3.05, 3.63) is 29.8 Å². The first-order valence-corrected chi connectivity index (χ1v) is 4.34. The Balaban J connectivity index is 2.79. The maximum absolute atomic E-state index is 11.9. The first-order valence-electron chi connectivity index (χ1n) is 4.34. The van der Waals surface area contributed by atoms with Gasteiger partial charge in [-0.25, -0.2) is 0 Å². The molecule has 1 aromatic rings. The highest BCUT2D eigenvalue weighted by Gasteiger charge is 2.30. The smallest absolute Gasteiger partial charge is 0.406 e. The molecule has 0 aliphatic rings. The molecule has 17 heavy (non-hydrogen) atoms. The Bertz CT molecular complexity index is 438. The highest BCUT2D eigenvalue weighted by Crippen LogP contribution is 2.22. The number of nitrogens with zero attached hydrogens (tertiary/aromatic N) is 2. The van der Waals surface area contributed by atoms with E-state index in [1.165, 1.54) is 24.4 Å². The van der Waals surface area contributed by atoms with E-state index in [0.29, 0.717) is 5.56 Å². The van der Waals surface area contributed by atoms with Crippen molar-refractivity contribution in [2.75, 3.05) is 0 Å². The summed E-state index contributed by atoms with van der Waals surface area (Å²) in [7, 11) is 0. The van der Waals surface area contributed by atoms with Crippen LogP contribution in [0.25, 0.3) is 0 Å². The molecule has 0 aliphatic carbocycles. The van der Waals surface area contributed by atoms with Crippen molar-refractivity contribution in [3.63, 3.8) is 0 Å². The SMILES string of the molecule is NC(N)=NN=Cc1cccc(OC(F)(F)F)c1. The highest BCUT2D eigenvalue weighted by molar-refractivity contribution is 5.81. The van der Waals surface area contributed by atoms with Gasteiger partial charge in [-0.1, -0.05) is 12.1 Å². The van der Waals surface area contributed by atoms with E-state index in [-0.39, 0.29) is 11.7 Å². The van der Waals surface area contributed by atoms with Gasteiger partial charge in [0.25, 0.3) is 0 Å². The molecule has 4 N–H and O–H groups in total. The van der Waals surface area contributed by atoms with E-state index in [1.807, 2.05) is 0 Å². The average molecular weight is 246 g/mol. The number of rotatable bonds is 3. The van der Waals surface area contributed by atoms with Crippen molar-refractivity contribution < 1.29 is 17.9 Å². The largest absolute Gasteiger partial charge is 0.573 e. The minimum Gasteiger partial charge on any atom is -0.406 e. The van der Waals surface area contributed by atoms with Crippen molar-refractivity contribution in [2.24, 2.45) is 21.7 Å². The van der Waals surface area contributed by atoms with Crippen LogP contribution in [0.2, 0.25) is 0 Å². The standard InChI is InChI=1S/C9H9F3N4O/c10-9(11,12)17-7-3-1-2-6(4-7)5-15-16-8(13)14/h1-5H,(H4,13,14,16). The van der Waals surface area contributed by atoms with Gasteiger partial charge in [0.15, 0.2) is 0 Å². The zero-order chi connectivity index (χ0) is 12.9. The van der Waals surface area contributed by atoms with Crippen molar-refractivity contribution in [1.82, 2.24) is 0 Å². The van der Waals surface area contributed by atoms with Crippen LogP contribution in [0.15, 0.2) is 34.5 Å². The summed E-state index contributed by atoms with van der Waals surface area (Å²) in [5, 5.41) is 6.76. The zero-order valence-corrected chi connectivity index (χ0v) is 8.48. The van der Waals surface area contributed by atoms with E-state index in [9.17, 15) is 13.2 Å². The van der Waals surface area contributed by atoms with Crippen LogP contribution in [0.3, 0.4) is 0 Å². The van der Waals surface area contributed by atoms with Crippen molar-refractivity contribution in [2.45, 2.75) is 6.36 Å². The lowest BCUT2D eigenvalue weighted by atomic mass is 10.2. The highest BCUT2D eigenvalue weighted by atomic mass is 19.4. The van der Waals surface area contributed by atoms with Gasteiger partial charge in [-0.3, -0.25) is 0 Å². The number of hydrogen-bond donors (Lipinski definition) is 2. The Labute approximate surface area is 94.6 Å². The first kappa shape index (κ1) is 12.8. The van der Waals surface area contributed by atoms with Crippen LogP contribution in [0.4, 0.5) is 13.2 Å². The molecule has 0 spiro atoms. The van der Waals surface area contributed by atoms with Crippen LogP contribution in [0.5, 0.6) is 5.75 Å². The minimum absolute atomic E-state index is 0.246. The summed E-state index contributed by atoms with van der Waals surface area (Å²) in [4.78, 5) is 0. The van der Waals surface area contributed by atoms with E-state index < -0.39 is 6.36 Å². The molecule has 0 atom stereocenters. The minimum atomic E-state index is -4.73. The third-order valence-corrected chi connectivity index (χ3v) is 1.47. The summed E-state index contributed by atoms with van der Waals surface area (Å²) in [5.74, 6) is -0.588. The second-order valence-electron chi connectivity index (χ2n) is 2.89. The Morgan fingerprint density at radius 3 is 2.59 bits per heavy atom. The van der Waals surface area contributed by atoms with Gasteiger partial charge >= 0.3 is 6.36 Å². The van der Waals surface area contributed by atoms with Crippen molar-refractivity contribution in [3.8, 4) is 5.75 Å². The number of benzene rings is 1. The number of nitrogens with two attached hydrogens (primary N) is 2. The molecule has 0 fully saturated rings. The second-order valence-corrected chi connectivity index (χ2v) is 2.89. The van der Waals surface area contributed by atoms with E-state index in [1.54, 1.807) is 0 Å². The van der Waals surface area contributed by atoms with E-state index in [2.05, 4.69) is 14.9 Å². The molecule has 0 heterocycles. The van der Waals surface area contributed by atoms with Crippen molar-refractivity contribution >= 4 is 12.2 Å². The average Bonchev–Trinajstić information content (AvgIpc) is 2.14. The number of halogens is 3. The maximum atomic E-state index is 11.9. The lowest BCUT2D eigenvalue weighted by Gasteiger charge is -2.08. The monoisotopic (exact) mass is 246 g/mol. The van der Waals surface area contributed by atoms with Crippen LogP contribution in [-0.4, -0.2) is 18.5 Å².